The summed E-state index contributed by atoms with van der Waals surface area (Å²) in [6.45, 7) is -0.895. The van der Waals surface area contributed by atoms with Crippen molar-refractivity contribution in [1.29, 1.82) is 0 Å². The normalized spacial score (nSPS) is 23.4. The molecular formula is C21H21F4N3O3. The number of hydrogen-bond acceptors (Lipinski definition) is 4. The monoisotopic (exact) mass is 439 g/mol. The molecule has 0 saturated carbocycles. The number of amides is 2. The predicted octanol–water partition coefficient (Wildman–Crippen LogP) is 2.81. The SMILES string of the molecule is O=C(NCc1c(F)cc(F)cc1F)C1=CN2C(=C(O)C1)C(=O)N1C[C@@H]2CCC[C@@H]1CF. The van der Waals surface area contributed by atoms with Crippen LogP contribution in [0.25, 0.3) is 0 Å². The number of benzene rings is 1. The Morgan fingerprint density at radius 1 is 1.19 bits per heavy atom. The van der Waals surface area contributed by atoms with Gasteiger partial charge in [0.25, 0.3) is 5.91 Å². The molecule has 31 heavy (non-hydrogen) atoms. The highest BCUT2D eigenvalue weighted by Crippen LogP contribution is 2.36. The molecule has 1 aromatic rings. The second-order valence-electron chi connectivity index (χ2n) is 7.91. The van der Waals surface area contributed by atoms with Crippen molar-refractivity contribution in [2.75, 3.05) is 13.2 Å². The van der Waals surface area contributed by atoms with E-state index in [1.807, 2.05) is 0 Å². The average molecular weight is 439 g/mol. The molecule has 6 nitrogen and oxygen atoms in total. The van der Waals surface area contributed by atoms with E-state index in [1.165, 1.54) is 11.1 Å². The summed E-state index contributed by atoms with van der Waals surface area (Å²) in [5.41, 5.74) is -0.350. The quantitative estimate of drug-likeness (QED) is 0.708. The molecule has 1 aromatic carbocycles. The molecule has 2 N–H and O–H groups in total. The number of nitrogens with one attached hydrogen (secondary N) is 1. The number of halogens is 4. The Bertz CT molecular complexity index is 971. The number of hydrogen-bond donors (Lipinski definition) is 2. The van der Waals surface area contributed by atoms with Gasteiger partial charge in [0.05, 0.1) is 12.1 Å². The van der Waals surface area contributed by atoms with Crippen molar-refractivity contribution in [2.45, 2.75) is 44.3 Å². The highest BCUT2D eigenvalue weighted by Gasteiger charge is 2.43. The minimum Gasteiger partial charge on any atom is -0.510 e. The Hall–Kier alpha value is -3.04. The maximum absolute atomic E-state index is 13.8. The Kier molecular flexibility index (Phi) is 5.63. The number of fused-ring (bicyclic) bond motifs is 4. The first-order valence-corrected chi connectivity index (χ1v) is 9.99. The van der Waals surface area contributed by atoms with Crippen LogP contribution >= 0.6 is 0 Å². The van der Waals surface area contributed by atoms with Crippen LogP contribution in [0.15, 0.2) is 35.4 Å². The fourth-order valence-corrected chi connectivity index (χ4v) is 4.36. The summed E-state index contributed by atoms with van der Waals surface area (Å²) in [5.74, 6) is -4.79. The zero-order chi connectivity index (χ0) is 22.3. The molecule has 0 aliphatic carbocycles. The lowest BCUT2D eigenvalue weighted by Gasteiger charge is -2.44. The standard InChI is InChI=1S/C21H21F4N3O3/c22-7-13-2-1-3-14-10-28(13)21(31)19-18(29)4-11(9-27(14)19)20(30)26-8-15-16(24)5-12(23)6-17(15)25/h5-6,9,13-14,29H,1-4,7-8,10H2,(H,26,30)/t13-,14+/m1/s1. The van der Waals surface area contributed by atoms with Crippen LogP contribution in [0.2, 0.25) is 0 Å². The van der Waals surface area contributed by atoms with Gasteiger partial charge in [-0.3, -0.25) is 9.59 Å². The van der Waals surface area contributed by atoms with Crippen LogP contribution in [0.3, 0.4) is 0 Å². The molecule has 2 amide bonds. The fourth-order valence-electron chi connectivity index (χ4n) is 4.36. The first-order valence-electron chi connectivity index (χ1n) is 9.99. The molecule has 3 aliphatic heterocycles. The van der Waals surface area contributed by atoms with Gasteiger partial charge in [0.15, 0.2) is 0 Å². The number of rotatable bonds is 4. The van der Waals surface area contributed by atoms with Gasteiger partial charge >= 0.3 is 0 Å². The number of carbonyl (C=O) groups is 2. The largest absolute Gasteiger partial charge is 0.510 e. The van der Waals surface area contributed by atoms with E-state index in [2.05, 4.69) is 5.32 Å². The van der Waals surface area contributed by atoms with Gasteiger partial charge in [-0.25, -0.2) is 17.6 Å². The van der Waals surface area contributed by atoms with E-state index in [0.29, 0.717) is 31.4 Å². The van der Waals surface area contributed by atoms with Crippen molar-refractivity contribution in [3.63, 3.8) is 0 Å². The van der Waals surface area contributed by atoms with Crippen LogP contribution in [0.4, 0.5) is 17.6 Å². The van der Waals surface area contributed by atoms with E-state index < -0.39 is 54.1 Å². The van der Waals surface area contributed by atoms with E-state index in [-0.39, 0.29) is 36.0 Å². The number of aliphatic hydroxyl groups is 1. The second kappa shape index (κ2) is 8.24. The van der Waals surface area contributed by atoms with Gasteiger partial charge < -0.3 is 20.2 Å². The number of nitrogens with zero attached hydrogens (tertiary/aromatic N) is 2. The summed E-state index contributed by atoms with van der Waals surface area (Å²) in [4.78, 5) is 28.4. The Balaban J connectivity index is 1.53. The molecule has 4 rings (SSSR count). The van der Waals surface area contributed by atoms with Crippen LogP contribution in [-0.4, -0.2) is 52.0 Å². The smallest absolute Gasteiger partial charge is 0.274 e. The molecule has 3 heterocycles. The van der Waals surface area contributed by atoms with Crippen LogP contribution in [0.1, 0.15) is 31.2 Å². The van der Waals surface area contributed by atoms with Crippen molar-refractivity contribution in [3.8, 4) is 0 Å². The number of carbonyl (C=O) groups excluding carboxylic acids is 2. The lowest BCUT2D eigenvalue weighted by molar-refractivity contribution is -0.135. The topological polar surface area (TPSA) is 72.9 Å². The Labute approximate surface area is 175 Å². The number of alkyl halides is 1. The predicted molar refractivity (Wildman–Crippen MR) is 101 cm³/mol. The molecule has 3 aliphatic rings. The minimum absolute atomic E-state index is 0.0313. The summed E-state index contributed by atoms with van der Waals surface area (Å²) in [7, 11) is 0. The molecule has 0 unspecified atom stereocenters. The van der Waals surface area contributed by atoms with Gasteiger partial charge in [-0.2, -0.15) is 0 Å². The summed E-state index contributed by atoms with van der Waals surface area (Å²) < 4.78 is 54.0. The first-order chi connectivity index (χ1) is 14.8. The third kappa shape index (κ3) is 3.86. The third-order valence-electron chi connectivity index (χ3n) is 5.97. The summed E-state index contributed by atoms with van der Waals surface area (Å²) in [5, 5.41) is 12.9. The molecule has 2 fully saturated rings. The first kappa shape index (κ1) is 21.2. The molecule has 2 saturated heterocycles. The average Bonchev–Trinajstić information content (AvgIpc) is 2.91. The minimum atomic E-state index is -1.12. The van der Waals surface area contributed by atoms with Crippen molar-refractivity contribution in [2.24, 2.45) is 0 Å². The molecular weight excluding hydrogens is 418 g/mol. The Morgan fingerprint density at radius 3 is 2.58 bits per heavy atom. The second-order valence-corrected chi connectivity index (χ2v) is 7.91. The van der Waals surface area contributed by atoms with Crippen molar-refractivity contribution < 1.29 is 32.3 Å². The van der Waals surface area contributed by atoms with Gasteiger partial charge in [0.2, 0.25) is 5.91 Å². The number of allylic oxidation sites excluding steroid dienone is 1. The maximum atomic E-state index is 13.8. The molecule has 2 atom stereocenters. The van der Waals surface area contributed by atoms with E-state index in [4.69, 9.17) is 0 Å². The van der Waals surface area contributed by atoms with Crippen molar-refractivity contribution in [1.82, 2.24) is 15.1 Å². The molecule has 10 heteroatoms. The van der Waals surface area contributed by atoms with E-state index in [0.717, 1.165) is 0 Å². The molecule has 166 valence electrons. The van der Waals surface area contributed by atoms with Crippen LogP contribution in [-0.2, 0) is 16.1 Å². The van der Waals surface area contributed by atoms with Gasteiger partial charge in [-0.1, -0.05) is 0 Å². The summed E-state index contributed by atoms with van der Waals surface area (Å²) in [6, 6.07) is 0.288. The van der Waals surface area contributed by atoms with Gasteiger partial charge in [-0.05, 0) is 19.3 Å². The Morgan fingerprint density at radius 2 is 1.90 bits per heavy atom. The number of aliphatic hydroxyl groups excluding tert-OH is 1. The van der Waals surface area contributed by atoms with Crippen LogP contribution < -0.4 is 5.32 Å². The van der Waals surface area contributed by atoms with Crippen LogP contribution in [0.5, 0.6) is 0 Å². The summed E-state index contributed by atoms with van der Waals surface area (Å²) >= 11 is 0. The molecule has 0 aromatic heterocycles. The van der Waals surface area contributed by atoms with E-state index in [9.17, 15) is 32.3 Å². The van der Waals surface area contributed by atoms with E-state index in [1.54, 1.807) is 4.90 Å². The molecule has 0 spiro atoms. The summed E-state index contributed by atoms with van der Waals surface area (Å²) in [6.07, 6.45) is 3.06. The van der Waals surface area contributed by atoms with Gasteiger partial charge in [0, 0.05) is 49.0 Å². The zero-order valence-electron chi connectivity index (χ0n) is 16.5. The zero-order valence-corrected chi connectivity index (χ0v) is 16.5. The van der Waals surface area contributed by atoms with Crippen molar-refractivity contribution >= 4 is 11.8 Å². The van der Waals surface area contributed by atoms with Crippen molar-refractivity contribution in [3.05, 3.63) is 58.4 Å². The van der Waals surface area contributed by atoms with Gasteiger partial charge in [0.1, 0.15) is 35.6 Å². The lowest BCUT2D eigenvalue weighted by Crippen LogP contribution is -2.56. The highest BCUT2D eigenvalue weighted by atomic mass is 19.1. The number of piperazine rings is 1. The van der Waals surface area contributed by atoms with E-state index >= 15 is 0 Å². The lowest BCUT2D eigenvalue weighted by atomic mass is 9.99. The maximum Gasteiger partial charge on any atom is 0.274 e. The highest BCUT2D eigenvalue weighted by molar-refractivity contribution is 5.98. The molecule has 2 bridgehead atoms. The third-order valence-corrected chi connectivity index (χ3v) is 5.97. The fraction of sp³-hybridized carbons (Fsp3) is 0.429. The van der Waals surface area contributed by atoms with Crippen LogP contribution in [0, 0.1) is 17.5 Å². The van der Waals surface area contributed by atoms with Gasteiger partial charge in [-0.15, -0.1) is 0 Å². The molecule has 0 radical (unpaired) electrons.